The Morgan fingerprint density at radius 3 is 2.13 bits per heavy atom. The fourth-order valence-corrected chi connectivity index (χ4v) is 2.07. The van der Waals surface area contributed by atoms with Gasteiger partial charge in [0.05, 0.1) is 0 Å². The number of alkyl halides is 3. The van der Waals surface area contributed by atoms with E-state index in [1.165, 1.54) is 6.92 Å². The molecule has 0 aliphatic carbocycles. The van der Waals surface area contributed by atoms with Crippen molar-refractivity contribution in [2.75, 3.05) is 0 Å². The standard InChI is InChI=1S/C10H12F3NS/c1-7(14)9(10(11,12)13)15-8-5-3-2-4-6-8/h2-7,9H,14H2,1H3. The lowest BCUT2D eigenvalue weighted by atomic mass is 10.2. The molecule has 15 heavy (non-hydrogen) atoms. The van der Waals surface area contributed by atoms with Crippen LogP contribution in [-0.4, -0.2) is 17.5 Å². The lowest BCUT2D eigenvalue weighted by Gasteiger charge is -2.22. The second-order valence-corrected chi connectivity index (χ2v) is 4.47. The van der Waals surface area contributed by atoms with Crippen molar-refractivity contribution >= 4 is 11.8 Å². The monoisotopic (exact) mass is 235 g/mol. The highest BCUT2D eigenvalue weighted by Gasteiger charge is 2.42. The minimum Gasteiger partial charge on any atom is -0.327 e. The van der Waals surface area contributed by atoms with E-state index >= 15 is 0 Å². The third-order valence-electron chi connectivity index (χ3n) is 1.81. The van der Waals surface area contributed by atoms with Gasteiger partial charge in [-0.15, -0.1) is 11.8 Å². The van der Waals surface area contributed by atoms with Gasteiger partial charge in [0.2, 0.25) is 0 Å². The minimum absolute atomic E-state index is 0.581. The molecule has 0 aliphatic rings. The predicted octanol–water partition coefficient (Wildman–Crippen LogP) is 3.06. The quantitative estimate of drug-likeness (QED) is 0.815. The van der Waals surface area contributed by atoms with Crippen LogP contribution in [0.25, 0.3) is 0 Å². The van der Waals surface area contributed by atoms with Gasteiger partial charge in [0, 0.05) is 10.9 Å². The first-order valence-corrected chi connectivity index (χ1v) is 5.33. The topological polar surface area (TPSA) is 26.0 Å². The second-order valence-electron chi connectivity index (χ2n) is 3.25. The Morgan fingerprint density at radius 2 is 1.73 bits per heavy atom. The maximum atomic E-state index is 12.6. The summed E-state index contributed by atoms with van der Waals surface area (Å²) in [5.41, 5.74) is 5.33. The summed E-state index contributed by atoms with van der Waals surface area (Å²) in [6, 6.07) is 7.54. The fourth-order valence-electron chi connectivity index (χ4n) is 1.12. The zero-order chi connectivity index (χ0) is 11.5. The van der Waals surface area contributed by atoms with E-state index in [1.807, 2.05) is 0 Å². The Labute approximate surface area is 90.9 Å². The number of benzene rings is 1. The van der Waals surface area contributed by atoms with Gasteiger partial charge in [-0.1, -0.05) is 18.2 Å². The fraction of sp³-hybridized carbons (Fsp3) is 0.400. The molecule has 0 saturated carbocycles. The third-order valence-corrected chi connectivity index (χ3v) is 3.30. The van der Waals surface area contributed by atoms with Crippen molar-refractivity contribution in [3.05, 3.63) is 30.3 Å². The van der Waals surface area contributed by atoms with E-state index in [0.29, 0.717) is 4.90 Å². The van der Waals surface area contributed by atoms with Crippen molar-refractivity contribution in [3.63, 3.8) is 0 Å². The van der Waals surface area contributed by atoms with E-state index in [2.05, 4.69) is 0 Å². The molecule has 0 bridgehead atoms. The summed E-state index contributed by atoms with van der Waals surface area (Å²) in [6.07, 6.45) is -4.27. The number of hydrogen-bond donors (Lipinski definition) is 1. The Balaban J connectivity index is 2.77. The number of thioether (sulfide) groups is 1. The van der Waals surface area contributed by atoms with Crippen LogP contribution in [-0.2, 0) is 0 Å². The number of hydrogen-bond acceptors (Lipinski definition) is 2. The Hall–Kier alpha value is -0.680. The molecule has 2 N–H and O–H groups in total. The molecule has 1 aromatic rings. The van der Waals surface area contributed by atoms with Gasteiger partial charge in [0.15, 0.2) is 0 Å². The van der Waals surface area contributed by atoms with E-state index in [9.17, 15) is 13.2 Å². The summed E-state index contributed by atoms with van der Waals surface area (Å²) in [7, 11) is 0. The molecule has 84 valence electrons. The Kier molecular flexibility index (Phi) is 4.04. The largest absolute Gasteiger partial charge is 0.402 e. The highest BCUT2D eigenvalue weighted by atomic mass is 32.2. The first-order valence-electron chi connectivity index (χ1n) is 4.45. The lowest BCUT2D eigenvalue weighted by Crippen LogP contribution is -2.40. The normalized spacial score (nSPS) is 16.1. The zero-order valence-electron chi connectivity index (χ0n) is 8.16. The van der Waals surface area contributed by atoms with Crippen LogP contribution in [0, 0.1) is 0 Å². The van der Waals surface area contributed by atoms with Crippen LogP contribution >= 0.6 is 11.8 Å². The first kappa shape index (κ1) is 12.4. The van der Waals surface area contributed by atoms with Crippen molar-refractivity contribution < 1.29 is 13.2 Å². The van der Waals surface area contributed by atoms with Gasteiger partial charge in [-0.05, 0) is 19.1 Å². The maximum Gasteiger partial charge on any atom is 0.402 e. The van der Waals surface area contributed by atoms with Gasteiger partial charge in [0.25, 0.3) is 0 Å². The smallest absolute Gasteiger partial charge is 0.327 e. The summed E-state index contributed by atoms with van der Waals surface area (Å²) in [5.74, 6) is 0. The van der Waals surface area contributed by atoms with Gasteiger partial charge < -0.3 is 5.73 Å². The van der Waals surface area contributed by atoms with Crippen molar-refractivity contribution in [1.29, 1.82) is 0 Å². The molecule has 0 heterocycles. The molecule has 0 amide bonds. The molecule has 1 aromatic carbocycles. The summed E-state index contributed by atoms with van der Waals surface area (Å²) in [4.78, 5) is 0.581. The van der Waals surface area contributed by atoms with Crippen LogP contribution in [0.1, 0.15) is 6.92 Å². The minimum atomic E-state index is -4.27. The van der Waals surface area contributed by atoms with E-state index in [-0.39, 0.29) is 0 Å². The molecular weight excluding hydrogens is 223 g/mol. The third kappa shape index (κ3) is 3.76. The Bertz CT molecular complexity index is 297. The van der Waals surface area contributed by atoms with Crippen molar-refractivity contribution in [1.82, 2.24) is 0 Å². The summed E-state index contributed by atoms with van der Waals surface area (Å²) < 4.78 is 37.7. The van der Waals surface area contributed by atoms with E-state index in [1.54, 1.807) is 30.3 Å². The van der Waals surface area contributed by atoms with E-state index in [4.69, 9.17) is 5.73 Å². The molecule has 0 aliphatic heterocycles. The summed E-state index contributed by atoms with van der Waals surface area (Å²) >= 11 is 0.754. The van der Waals surface area contributed by atoms with Crippen molar-refractivity contribution in [2.45, 2.75) is 29.3 Å². The van der Waals surface area contributed by atoms with Gasteiger partial charge in [-0.25, -0.2) is 0 Å². The van der Waals surface area contributed by atoms with Crippen LogP contribution < -0.4 is 5.73 Å². The lowest BCUT2D eigenvalue weighted by molar-refractivity contribution is -0.131. The SMILES string of the molecule is CC(N)C(Sc1ccccc1)C(F)(F)F. The molecule has 2 atom stereocenters. The van der Waals surface area contributed by atoms with Crippen LogP contribution in [0.15, 0.2) is 35.2 Å². The van der Waals surface area contributed by atoms with E-state index in [0.717, 1.165) is 11.8 Å². The average Bonchev–Trinajstić information content (AvgIpc) is 2.13. The van der Waals surface area contributed by atoms with Gasteiger partial charge in [0.1, 0.15) is 5.25 Å². The maximum absolute atomic E-state index is 12.6. The number of nitrogens with two attached hydrogens (primary N) is 1. The van der Waals surface area contributed by atoms with Crippen molar-refractivity contribution in [2.24, 2.45) is 5.73 Å². The van der Waals surface area contributed by atoms with E-state index < -0.39 is 17.5 Å². The highest BCUT2D eigenvalue weighted by molar-refractivity contribution is 8.00. The number of rotatable bonds is 3. The molecule has 0 radical (unpaired) electrons. The van der Waals surface area contributed by atoms with Gasteiger partial charge in [-0.2, -0.15) is 13.2 Å². The summed E-state index contributed by atoms with van der Waals surface area (Å²) in [6.45, 7) is 1.37. The predicted molar refractivity (Wildman–Crippen MR) is 55.8 cm³/mol. The van der Waals surface area contributed by atoms with Gasteiger partial charge in [-0.3, -0.25) is 0 Å². The second kappa shape index (κ2) is 4.90. The molecule has 1 rings (SSSR count). The molecule has 0 saturated heterocycles. The Morgan fingerprint density at radius 1 is 1.20 bits per heavy atom. The van der Waals surface area contributed by atoms with Crippen LogP contribution in [0.3, 0.4) is 0 Å². The molecular formula is C10H12F3NS. The number of halogens is 3. The molecule has 0 spiro atoms. The van der Waals surface area contributed by atoms with Crippen molar-refractivity contribution in [3.8, 4) is 0 Å². The molecule has 0 aromatic heterocycles. The molecule has 1 nitrogen and oxygen atoms in total. The average molecular weight is 235 g/mol. The summed E-state index contributed by atoms with van der Waals surface area (Å²) in [5, 5.41) is -1.56. The van der Waals surface area contributed by atoms with Crippen LogP contribution in [0.5, 0.6) is 0 Å². The molecule has 2 unspecified atom stereocenters. The van der Waals surface area contributed by atoms with Gasteiger partial charge >= 0.3 is 6.18 Å². The highest BCUT2D eigenvalue weighted by Crippen LogP contribution is 2.36. The molecule has 0 fully saturated rings. The first-order chi connectivity index (χ1) is 6.91. The zero-order valence-corrected chi connectivity index (χ0v) is 8.98. The molecule has 5 heteroatoms. The van der Waals surface area contributed by atoms with Crippen LogP contribution in [0.4, 0.5) is 13.2 Å². The van der Waals surface area contributed by atoms with Crippen LogP contribution in [0.2, 0.25) is 0 Å².